The molecule has 1 aromatic carbocycles. The lowest BCUT2D eigenvalue weighted by molar-refractivity contribution is -0.144. The molecule has 7 nitrogen and oxygen atoms in total. The zero-order chi connectivity index (χ0) is 21.1. The third-order valence-electron chi connectivity index (χ3n) is 6.94. The number of β-amino-alcohol motifs (C(OH)–C–C–N with tert-alkyl or cyclic N) is 1. The first-order valence-electron chi connectivity index (χ1n) is 11.1. The van der Waals surface area contributed by atoms with E-state index < -0.39 is 6.10 Å². The monoisotopic (exact) mass is 415 g/mol. The number of rotatable bonds is 4. The number of hydrogen-bond donors (Lipinski definition) is 1. The Morgan fingerprint density at radius 2 is 1.73 bits per heavy atom. The molecule has 1 atom stereocenters. The van der Waals surface area contributed by atoms with Crippen LogP contribution in [-0.4, -0.2) is 85.8 Å². The molecule has 3 heterocycles. The van der Waals surface area contributed by atoms with Crippen molar-refractivity contribution in [2.75, 3.05) is 57.9 Å². The minimum Gasteiger partial charge on any atom is -0.391 e. The Balaban J connectivity index is 1.36. The lowest BCUT2D eigenvalue weighted by atomic mass is 9.71. The number of amides is 2. The maximum absolute atomic E-state index is 13.0. The van der Waals surface area contributed by atoms with Gasteiger partial charge in [0.2, 0.25) is 5.91 Å². The Morgan fingerprint density at radius 1 is 1.07 bits per heavy atom. The van der Waals surface area contributed by atoms with Gasteiger partial charge in [0, 0.05) is 57.6 Å². The summed E-state index contributed by atoms with van der Waals surface area (Å²) in [5, 5.41) is 10.4. The van der Waals surface area contributed by atoms with E-state index in [0.29, 0.717) is 32.6 Å². The summed E-state index contributed by atoms with van der Waals surface area (Å²) in [6.07, 6.45) is 4.26. The second kappa shape index (κ2) is 8.94. The number of hydrogen-bond acceptors (Lipinski definition) is 5. The lowest BCUT2D eigenvalue weighted by Gasteiger charge is -2.49. The molecule has 1 N–H and O–H groups in total. The molecule has 0 bridgehead atoms. The molecule has 164 valence electrons. The molecular formula is C23H33N3O4. The van der Waals surface area contributed by atoms with E-state index in [-0.39, 0.29) is 23.8 Å². The minimum atomic E-state index is -0.514. The Labute approximate surface area is 178 Å². The number of methoxy groups -OCH3 is 1. The van der Waals surface area contributed by atoms with Crippen molar-refractivity contribution in [2.24, 2.45) is 5.41 Å². The van der Waals surface area contributed by atoms with Gasteiger partial charge in [-0.25, -0.2) is 0 Å². The number of nitrogens with zero attached hydrogens (tertiary/aromatic N) is 3. The first-order chi connectivity index (χ1) is 14.5. The van der Waals surface area contributed by atoms with Crippen molar-refractivity contribution in [3.63, 3.8) is 0 Å². The summed E-state index contributed by atoms with van der Waals surface area (Å²) in [7, 11) is 1.51. The van der Waals surface area contributed by atoms with Gasteiger partial charge in [0.1, 0.15) is 6.61 Å². The van der Waals surface area contributed by atoms with Crippen molar-refractivity contribution >= 4 is 17.5 Å². The molecule has 0 radical (unpaired) electrons. The molecule has 3 aliphatic rings. The highest BCUT2D eigenvalue weighted by Crippen LogP contribution is 2.40. The van der Waals surface area contributed by atoms with Crippen LogP contribution >= 0.6 is 0 Å². The summed E-state index contributed by atoms with van der Waals surface area (Å²) in [5.41, 5.74) is 1.81. The Morgan fingerprint density at radius 3 is 2.37 bits per heavy atom. The van der Waals surface area contributed by atoms with E-state index in [1.165, 1.54) is 25.6 Å². The Hall–Kier alpha value is -2.12. The van der Waals surface area contributed by atoms with Gasteiger partial charge in [0.05, 0.1) is 6.10 Å². The number of ether oxygens (including phenoxy) is 1. The molecule has 1 spiro atoms. The van der Waals surface area contributed by atoms with Gasteiger partial charge in [-0.2, -0.15) is 0 Å². The van der Waals surface area contributed by atoms with E-state index in [2.05, 4.69) is 17.0 Å². The highest BCUT2D eigenvalue weighted by atomic mass is 16.5. The maximum atomic E-state index is 13.0. The molecule has 3 aliphatic heterocycles. The van der Waals surface area contributed by atoms with E-state index >= 15 is 0 Å². The average molecular weight is 416 g/mol. The van der Waals surface area contributed by atoms with E-state index in [0.717, 1.165) is 31.5 Å². The number of benzene rings is 1. The molecule has 30 heavy (non-hydrogen) atoms. The fourth-order valence-corrected chi connectivity index (χ4v) is 5.28. The van der Waals surface area contributed by atoms with Gasteiger partial charge in [-0.3, -0.25) is 9.59 Å². The van der Waals surface area contributed by atoms with Crippen molar-refractivity contribution < 1.29 is 19.4 Å². The summed E-state index contributed by atoms with van der Waals surface area (Å²) in [6.45, 7) is 4.56. The topological polar surface area (TPSA) is 73.3 Å². The van der Waals surface area contributed by atoms with Crippen LogP contribution in [0.5, 0.6) is 0 Å². The Kier molecular flexibility index (Phi) is 6.29. The lowest BCUT2D eigenvalue weighted by Crippen LogP contribution is -2.56. The van der Waals surface area contributed by atoms with E-state index in [9.17, 15) is 14.7 Å². The summed E-state index contributed by atoms with van der Waals surface area (Å²) in [5.74, 6) is -0.00582. The standard InChI is InChI=1S/C23H33N3O4/c1-30-16-21(28)26-15-20(27)14-23(17-26)8-12-25(13-9-23)22(29)18-4-6-19(7-5-18)24-10-2-3-11-24/h4-7,20,27H,2-3,8-17H2,1H3. The smallest absolute Gasteiger partial charge is 0.253 e. The van der Waals surface area contributed by atoms with Gasteiger partial charge >= 0.3 is 0 Å². The number of anilines is 1. The maximum Gasteiger partial charge on any atom is 0.253 e. The molecule has 0 aliphatic carbocycles. The largest absolute Gasteiger partial charge is 0.391 e. The predicted molar refractivity (Wildman–Crippen MR) is 115 cm³/mol. The van der Waals surface area contributed by atoms with Crippen LogP contribution in [0, 0.1) is 5.41 Å². The van der Waals surface area contributed by atoms with Gasteiger partial charge in [0.15, 0.2) is 0 Å². The van der Waals surface area contributed by atoms with Crippen molar-refractivity contribution in [3.8, 4) is 0 Å². The quantitative estimate of drug-likeness (QED) is 0.811. The van der Waals surface area contributed by atoms with Crippen LogP contribution in [0.25, 0.3) is 0 Å². The van der Waals surface area contributed by atoms with Crippen molar-refractivity contribution in [2.45, 2.75) is 38.2 Å². The number of aliphatic hydroxyl groups is 1. The van der Waals surface area contributed by atoms with Crippen LogP contribution in [0.1, 0.15) is 42.5 Å². The number of likely N-dealkylation sites (tertiary alicyclic amines) is 2. The molecule has 7 heteroatoms. The minimum absolute atomic E-state index is 0.0425. The van der Waals surface area contributed by atoms with Gasteiger partial charge < -0.3 is 24.5 Å². The van der Waals surface area contributed by atoms with Crippen molar-refractivity contribution in [1.82, 2.24) is 9.80 Å². The highest BCUT2D eigenvalue weighted by molar-refractivity contribution is 5.94. The fourth-order valence-electron chi connectivity index (χ4n) is 5.28. The average Bonchev–Trinajstić information content (AvgIpc) is 3.28. The normalized spacial score (nSPS) is 23.8. The zero-order valence-electron chi connectivity index (χ0n) is 17.9. The van der Waals surface area contributed by atoms with E-state index in [4.69, 9.17) is 4.74 Å². The molecular weight excluding hydrogens is 382 g/mol. The molecule has 0 saturated carbocycles. The molecule has 0 aromatic heterocycles. The van der Waals surface area contributed by atoms with Gasteiger partial charge in [0.25, 0.3) is 5.91 Å². The predicted octanol–water partition coefficient (Wildman–Crippen LogP) is 1.75. The first-order valence-corrected chi connectivity index (χ1v) is 11.1. The van der Waals surface area contributed by atoms with Crippen LogP contribution < -0.4 is 4.90 Å². The number of aliphatic hydroxyl groups excluding tert-OH is 1. The summed E-state index contributed by atoms with van der Waals surface area (Å²) in [4.78, 5) is 31.3. The van der Waals surface area contributed by atoms with Crippen LogP contribution in [0.15, 0.2) is 24.3 Å². The zero-order valence-corrected chi connectivity index (χ0v) is 17.9. The number of carbonyl (C=O) groups excluding carboxylic acids is 2. The number of piperidine rings is 2. The van der Waals surface area contributed by atoms with Gasteiger partial charge in [-0.1, -0.05) is 0 Å². The van der Waals surface area contributed by atoms with E-state index in [1.807, 2.05) is 17.0 Å². The van der Waals surface area contributed by atoms with E-state index in [1.54, 1.807) is 4.90 Å². The molecule has 1 aromatic rings. The molecule has 2 amide bonds. The van der Waals surface area contributed by atoms with Crippen molar-refractivity contribution in [1.29, 1.82) is 0 Å². The third kappa shape index (κ3) is 4.47. The number of carbonyl (C=O) groups is 2. The first kappa shape index (κ1) is 21.1. The fraction of sp³-hybridized carbons (Fsp3) is 0.652. The third-order valence-corrected chi connectivity index (χ3v) is 6.94. The van der Waals surface area contributed by atoms with Crippen LogP contribution in [0.4, 0.5) is 5.69 Å². The van der Waals surface area contributed by atoms with Crippen LogP contribution in [0.3, 0.4) is 0 Å². The molecule has 3 fully saturated rings. The van der Waals surface area contributed by atoms with Crippen molar-refractivity contribution in [3.05, 3.63) is 29.8 Å². The second-order valence-corrected chi connectivity index (χ2v) is 9.10. The second-order valence-electron chi connectivity index (χ2n) is 9.10. The highest BCUT2D eigenvalue weighted by Gasteiger charge is 2.43. The molecule has 4 rings (SSSR count). The van der Waals surface area contributed by atoms with Gasteiger partial charge in [-0.05, 0) is 61.8 Å². The summed E-state index contributed by atoms with van der Waals surface area (Å²) >= 11 is 0. The van der Waals surface area contributed by atoms with Crippen LogP contribution in [0.2, 0.25) is 0 Å². The van der Waals surface area contributed by atoms with Crippen LogP contribution in [-0.2, 0) is 9.53 Å². The Bertz CT molecular complexity index is 752. The SMILES string of the molecule is COCC(=O)N1CC(O)CC2(CCN(C(=O)c3ccc(N4CCCC4)cc3)CC2)C1. The molecule has 1 unspecified atom stereocenters. The van der Waals surface area contributed by atoms with Gasteiger partial charge in [-0.15, -0.1) is 0 Å². The molecule has 3 saturated heterocycles. The summed E-state index contributed by atoms with van der Waals surface area (Å²) in [6, 6.07) is 7.99. The summed E-state index contributed by atoms with van der Waals surface area (Å²) < 4.78 is 4.98.